The topological polar surface area (TPSA) is 190 Å². The van der Waals surface area contributed by atoms with Crippen LogP contribution < -0.4 is 25.1 Å². The van der Waals surface area contributed by atoms with E-state index < -0.39 is 43.5 Å². The Morgan fingerprint density at radius 1 is 0.500 bits per heavy atom. The van der Waals surface area contributed by atoms with Crippen molar-refractivity contribution >= 4 is 0 Å². The standard InChI is InChI=1S/2La.3Mn.9O/q2*+3;;;;;;;6*-1. The molecule has 0 aromatic rings. The van der Waals surface area contributed by atoms with E-state index in [-0.39, 0.29) is 71.2 Å². The quantitative estimate of drug-likeness (QED) is 0.248. The fraction of sp³-hybridized carbons (Fsp3) is 0. The van der Waals surface area contributed by atoms with Crippen LogP contribution in [-0.4, -0.2) is 0 Å². The molecule has 0 unspecified atom stereocenters. The minimum atomic E-state index is -3.65. The second kappa shape index (κ2) is 25.1. The summed E-state index contributed by atoms with van der Waals surface area (Å²) in [5, 5.41) is 0. The van der Waals surface area contributed by atoms with Crippen LogP contribution in [0.25, 0.3) is 0 Å². The van der Waals surface area contributed by atoms with Gasteiger partial charge in [-0.1, -0.05) is 0 Å². The molecule has 0 N–H and O–H groups in total. The molecular formula is La2Mn3O9. The zero-order valence-corrected chi connectivity index (χ0v) is 16.8. The van der Waals surface area contributed by atoms with Crippen LogP contribution in [0.2, 0.25) is 0 Å². The zero-order chi connectivity index (χ0) is 10.7. The van der Waals surface area contributed by atoms with Crippen molar-refractivity contribution in [1.29, 1.82) is 0 Å². The van der Waals surface area contributed by atoms with Crippen LogP contribution in [0.5, 0.6) is 0 Å². The molecule has 0 aliphatic rings. The van der Waals surface area contributed by atoms with Gasteiger partial charge in [-0.05, 0) is 0 Å². The van der Waals surface area contributed by atoms with E-state index >= 15 is 0 Å². The molecule has 14 heavy (non-hydrogen) atoms. The Kier molecular flexibility index (Phi) is 54.2. The molecule has 81 valence electrons. The summed E-state index contributed by atoms with van der Waals surface area (Å²) in [6.07, 6.45) is 0. The van der Waals surface area contributed by atoms with E-state index in [0.717, 1.165) is 0 Å². The van der Waals surface area contributed by atoms with Crippen LogP contribution in [0.1, 0.15) is 0 Å². The molecule has 0 rings (SSSR count). The zero-order valence-electron chi connectivity index (χ0n) is 5.96. The summed E-state index contributed by atoms with van der Waals surface area (Å²) in [7, 11) is 0. The van der Waals surface area contributed by atoms with E-state index in [0.29, 0.717) is 0 Å². The third-order valence-electron chi connectivity index (χ3n) is 0. The fourth-order valence-electron chi connectivity index (χ4n) is 0. The molecule has 0 fully saturated rings. The molecule has 14 heteroatoms. The van der Waals surface area contributed by atoms with Crippen molar-refractivity contribution in [2.75, 3.05) is 0 Å². The Balaban J connectivity index is -0.0000000270. The van der Waals surface area contributed by atoms with E-state index in [9.17, 15) is 0 Å². The van der Waals surface area contributed by atoms with Crippen molar-refractivity contribution < 1.29 is 151 Å². The van der Waals surface area contributed by atoms with Crippen molar-refractivity contribution in [1.82, 2.24) is 0 Å². The van der Waals surface area contributed by atoms with E-state index in [2.05, 4.69) is 0 Å². The summed E-state index contributed by atoms with van der Waals surface area (Å²) in [6.45, 7) is 0. The summed E-state index contributed by atoms with van der Waals surface area (Å²) >= 11 is -10.9. The molecule has 0 aromatic carbocycles. The first-order valence-electron chi connectivity index (χ1n) is 1.39. The van der Waals surface area contributed by atoms with Gasteiger partial charge < -0.3 is 0 Å². The van der Waals surface area contributed by atoms with E-state index in [1.165, 1.54) is 0 Å². The van der Waals surface area contributed by atoms with Gasteiger partial charge in [-0.2, -0.15) is 0 Å². The van der Waals surface area contributed by atoms with Crippen LogP contribution in [0.15, 0.2) is 0 Å². The SMILES string of the molecule is [La+3].[La+3].[O]=[Mn]([O-])[O-].[O]=[Mn]([O-])[O-].[O]=[Mn]([O-])[O-]. The molecule has 0 spiro atoms. The molecule has 0 aliphatic carbocycles. The third kappa shape index (κ3) is 311. The molecule has 0 aliphatic heterocycles. The Hall–Kier alpha value is 3.11. The molecule has 0 bridgehead atoms. The van der Waals surface area contributed by atoms with Crippen LogP contribution in [-0.2, 0) is 55.0 Å². The summed E-state index contributed by atoms with van der Waals surface area (Å²) in [5.41, 5.74) is 0. The maximum absolute atomic E-state index is 8.52. The van der Waals surface area contributed by atoms with E-state index in [4.69, 9.17) is 36.6 Å². The van der Waals surface area contributed by atoms with Crippen molar-refractivity contribution in [2.45, 2.75) is 0 Å². The number of hydrogen-bond donors (Lipinski definition) is 0. The molecule has 0 saturated heterocycles. The Morgan fingerprint density at radius 2 is 0.500 bits per heavy atom. The summed E-state index contributed by atoms with van der Waals surface area (Å²) < 4.78 is 76.7. The average Bonchev–Trinajstić information content (AvgIpc) is 1.54. The number of rotatable bonds is 0. The van der Waals surface area contributed by atoms with E-state index in [1.807, 2.05) is 0 Å². The van der Waals surface area contributed by atoms with Gasteiger partial charge in [0.2, 0.25) is 0 Å². The normalized spacial score (nSPS) is 7.50. The van der Waals surface area contributed by atoms with E-state index in [1.54, 1.807) is 0 Å². The summed E-state index contributed by atoms with van der Waals surface area (Å²) in [6, 6.07) is 0. The van der Waals surface area contributed by atoms with Gasteiger partial charge in [0.25, 0.3) is 0 Å². The van der Waals surface area contributed by atoms with Crippen molar-refractivity contribution in [3.8, 4) is 0 Å². The van der Waals surface area contributed by atoms with Crippen LogP contribution in [0.4, 0.5) is 0 Å². The van der Waals surface area contributed by atoms with Crippen molar-refractivity contribution in [2.24, 2.45) is 0 Å². The minimum absolute atomic E-state index is 0. The van der Waals surface area contributed by atoms with Crippen molar-refractivity contribution in [3.63, 3.8) is 0 Å². The van der Waals surface area contributed by atoms with Crippen LogP contribution in [0, 0.1) is 71.2 Å². The van der Waals surface area contributed by atoms with Crippen molar-refractivity contribution in [3.05, 3.63) is 0 Å². The van der Waals surface area contributed by atoms with Gasteiger partial charge in [0.15, 0.2) is 0 Å². The molecule has 0 radical (unpaired) electrons. The van der Waals surface area contributed by atoms with Gasteiger partial charge in [-0.25, -0.2) is 0 Å². The number of hydrogen-bond acceptors (Lipinski definition) is 9. The Bertz CT molecular complexity index is 116. The first-order chi connectivity index (χ1) is 5.20. The van der Waals surface area contributed by atoms with Gasteiger partial charge in [0, 0.05) is 0 Å². The third-order valence-corrected chi connectivity index (χ3v) is 0. The summed E-state index contributed by atoms with van der Waals surface area (Å²) in [4.78, 5) is 0. The molecule has 0 aromatic heterocycles. The second-order valence-corrected chi connectivity index (χ2v) is 2.34. The average molecular weight is 587 g/mol. The van der Waals surface area contributed by atoms with Gasteiger partial charge >= 0.3 is 151 Å². The second-order valence-electron chi connectivity index (χ2n) is 0.567. The van der Waals surface area contributed by atoms with Gasteiger partial charge in [0.05, 0.1) is 0 Å². The first kappa shape index (κ1) is 30.3. The Labute approximate surface area is 148 Å². The predicted molar refractivity (Wildman–Crippen MR) is 2.06 cm³/mol. The molecule has 9 nitrogen and oxygen atoms in total. The van der Waals surface area contributed by atoms with Gasteiger partial charge in [-0.15, -0.1) is 0 Å². The Morgan fingerprint density at radius 3 is 0.500 bits per heavy atom. The molecule has 0 heterocycles. The van der Waals surface area contributed by atoms with Gasteiger partial charge in [-0.3, -0.25) is 0 Å². The van der Waals surface area contributed by atoms with Gasteiger partial charge in [0.1, 0.15) is 0 Å². The van der Waals surface area contributed by atoms with Crippen LogP contribution in [0.3, 0.4) is 0 Å². The van der Waals surface area contributed by atoms with Crippen LogP contribution >= 0.6 is 0 Å². The maximum atomic E-state index is 8.52. The first-order valence-corrected chi connectivity index (χ1v) is 5.73. The molecular weight excluding hydrogens is 587 g/mol. The predicted octanol–water partition coefficient (Wildman–Crippen LogP) is -7.50. The molecule has 0 atom stereocenters. The summed E-state index contributed by atoms with van der Waals surface area (Å²) in [5.74, 6) is 0. The fourth-order valence-corrected chi connectivity index (χ4v) is 0. The monoisotopic (exact) mass is 587 g/mol. The molecule has 0 amide bonds. The molecule has 0 saturated carbocycles.